The summed E-state index contributed by atoms with van der Waals surface area (Å²) in [5.74, 6) is -0.0110. The molecule has 0 aliphatic rings. The lowest BCUT2D eigenvalue weighted by Crippen LogP contribution is -2.29. The average molecular weight is 371 g/mol. The van der Waals surface area contributed by atoms with Gasteiger partial charge in [0.15, 0.2) is 18.1 Å². The Morgan fingerprint density at radius 2 is 1.74 bits per heavy atom. The first-order chi connectivity index (χ1) is 13.1. The maximum absolute atomic E-state index is 12.3. The highest BCUT2D eigenvalue weighted by atomic mass is 16.5. The van der Waals surface area contributed by atoms with Crippen molar-refractivity contribution in [1.29, 1.82) is 0 Å². The number of benzene rings is 2. The molecule has 1 N–H and O–H groups in total. The molecule has 2 aromatic rings. The van der Waals surface area contributed by atoms with Crippen LogP contribution in [0.4, 0.5) is 0 Å². The van der Waals surface area contributed by atoms with E-state index in [-0.39, 0.29) is 25.0 Å². The molecule has 1 amide bonds. The second kappa shape index (κ2) is 10.2. The van der Waals surface area contributed by atoms with Gasteiger partial charge in [-0.3, -0.25) is 9.59 Å². The molecule has 0 unspecified atom stereocenters. The van der Waals surface area contributed by atoms with Crippen molar-refractivity contribution in [2.75, 3.05) is 20.8 Å². The maximum Gasteiger partial charge on any atom is 0.313 e. The number of esters is 1. The van der Waals surface area contributed by atoms with Crippen LogP contribution in [-0.4, -0.2) is 32.7 Å². The summed E-state index contributed by atoms with van der Waals surface area (Å²) < 4.78 is 15.8. The number of hydrogen-bond donors (Lipinski definition) is 1. The zero-order valence-corrected chi connectivity index (χ0v) is 15.9. The summed E-state index contributed by atoms with van der Waals surface area (Å²) in [6.45, 7) is 1.83. The van der Waals surface area contributed by atoms with Gasteiger partial charge in [-0.1, -0.05) is 49.4 Å². The van der Waals surface area contributed by atoms with Crippen molar-refractivity contribution in [3.63, 3.8) is 0 Å². The molecule has 0 heterocycles. The second-order valence-electron chi connectivity index (χ2n) is 5.91. The van der Waals surface area contributed by atoms with E-state index in [1.807, 2.05) is 49.4 Å². The first-order valence-electron chi connectivity index (χ1n) is 8.78. The van der Waals surface area contributed by atoms with E-state index in [9.17, 15) is 9.59 Å². The molecule has 0 saturated heterocycles. The third kappa shape index (κ3) is 5.48. The van der Waals surface area contributed by atoms with E-state index in [0.29, 0.717) is 17.9 Å². The van der Waals surface area contributed by atoms with Crippen LogP contribution in [0.2, 0.25) is 0 Å². The minimum Gasteiger partial charge on any atom is -0.493 e. The Balaban J connectivity index is 1.88. The molecule has 0 radical (unpaired) electrons. The van der Waals surface area contributed by atoms with Crippen LogP contribution < -0.4 is 14.8 Å². The van der Waals surface area contributed by atoms with Crippen LogP contribution in [0, 0.1) is 0 Å². The van der Waals surface area contributed by atoms with Gasteiger partial charge in [-0.05, 0) is 18.1 Å². The summed E-state index contributed by atoms with van der Waals surface area (Å²) in [4.78, 5) is 24.4. The molecule has 0 saturated carbocycles. The molecule has 144 valence electrons. The van der Waals surface area contributed by atoms with Gasteiger partial charge in [0.2, 0.25) is 0 Å². The standard InChI is InChI=1S/C21H25NO5/c1-4-17(15-9-6-5-7-10-15)21(24)27-14-19(23)22-13-16-11-8-12-18(25-2)20(16)26-3/h5-12,17H,4,13-14H2,1-3H3,(H,22,23)/t17-/m0/s1. The fourth-order valence-electron chi connectivity index (χ4n) is 2.80. The number of methoxy groups -OCH3 is 2. The van der Waals surface area contributed by atoms with Crippen LogP contribution in [0.25, 0.3) is 0 Å². The summed E-state index contributed by atoms with van der Waals surface area (Å²) in [6.07, 6.45) is 0.603. The third-order valence-electron chi connectivity index (χ3n) is 4.20. The van der Waals surface area contributed by atoms with Gasteiger partial charge < -0.3 is 19.5 Å². The number of carbonyl (C=O) groups excluding carboxylic acids is 2. The Bertz CT molecular complexity index is 760. The molecule has 2 aromatic carbocycles. The molecule has 0 aromatic heterocycles. The molecule has 0 bridgehead atoms. The highest BCUT2D eigenvalue weighted by Gasteiger charge is 2.21. The average Bonchev–Trinajstić information content (AvgIpc) is 2.71. The van der Waals surface area contributed by atoms with E-state index in [1.54, 1.807) is 20.3 Å². The van der Waals surface area contributed by atoms with Gasteiger partial charge in [-0.2, -0.15) is 0 Å². The molecule has 6 heteroatoms. The smallest absolute Gasteiger partial charge is 0.313 e. The normalized spacial score (nSPS) is 11.4. The topological polar surface area (TPSA) is 73.9 Å². The lowest BCUT2D eigenvalue weighted by Gasteiger charge is -2.15. The summed E-state index contributed by atoms with van der Waals surface area (Å²) in [7, 11) is 3.09. The number of carbonyl (C=O) groups is 2. The number of hydrogen-bond acceptors (Lipinski definition) is 5. The molecule has 27 heavy (non-hydrogen) atoms. The van der Waals surface area contributed by atoms with Crippen molar-refractivity contribution in [2.45, 2.75) is 25.8 Å². The first kappa shape index (κ1) is 20.3. The van der Waals surface area contributed by atoms with Gasteiger partial charge in [0, 0.05) is 12.1 Å². The number of amides is 1. The Labute approximate surface area is 159 Å². The molecule has 0 fully saturated rings. The largest absolute Gasteiger partial charge is 0.493 e. The first-order valence-corrected chi connectivity index (χ1v) is 8.78. The quantitative estimate of drug-likeness (QED) is 0.686. The summed E-state index contributed by atoms with van der Waals surface area (Å²) >= 11 is 0. The molecular formula is C21H25NO5. The molecule has 0 aliphatic heterocycles. The SMILES string of the molecule is CC[C@H](C(=O)OCC(=O)NCc1cccc(OC)c1OC)c1ccccc1. The van der Waals surface area contributed by atoms with Gasteiger partial charge in [-0.15, -0.1) is 0 Å². The predicted octanol–water partition coefficient (Wildman–Crippen LogP) is 3.06. The van der Waals surface area contributed by atoms with Crippen LogP contribution in [-0.2, 0) is 20.9 Å². The van der Waals surface area contributed by atoms with Crippen LogP contribution in [0.5, 0.6) is 11.5 Å². The molecule has 0 spiro atoms. The van der Waals surface area contributed by atoms with Gasteiger partial charge in [0.05, 0.1) is 20.1 Å². The van der Waals surface area contributed by atoms with Gasteiger partial charge in [0.25, 0.3) is 5.91 Å². The summed E-state index contributed by atoms with van der Waals surface area (Å²) in [5, 5.41) is 2.73. The van der Waals surface area contributed by atoms with Crippen molar-refractivity contribution < 1.29 is 23.8 Å². The third-order valence-corrected chi connectivity index (χ3v) is 4.20. The van der Waals surface area contributed by atoms with Crippen LogP contribution in [0.3, 0.4) is 0 Å². The fraction of sp³-hybridized carbons (Fsp3) is 0.333. The van der Waals surface area contributed by atoms with E-state index < -0.39 is 5.97 Å². The summed E-state index contributed by atoms with van der Waals surface area (Å²) in [5.41, 5.74) is 1.65. The van der Waals surface area contributed by atoms with Crippen molar-refractivity contribution in [3.05, 3.63) is 59.7 Å². The van der Waals surface area contributed by atoms with Crippen molar-refractivity contribution >= 4 is 11.9 Å². The zero-order valence-electron chi connectivity index (χ0n) is 15.9. The van der Waals surface area contributed by atoms with Crippen molar-refractivity contribution in [1.82, 2.24) is 5.32 Å². The number of para-hydroxylation sites is 1. The zero-order chi connectivity index (χ0) is 19.6. The lowest BCUT2D eigenvalue weighted by atomic mass is 9.97. The Morgan fingerprint density at radius 3 is 2.37 bits per heavy atom. The number of rotatable bonds is 9. The minimum atomic E-state index is -0.405. The molecular weight excluding hydrogens is 346 g/mol. The van der Waals surface area contributed by atoms with Crippen molar-refractivity contribution in [2.24, 2.45) is 0 Å². The number of ether oxygens (including phenoxy) is 3. The highest BCUT2D eigenvalue weighted by molar-refractivity contribution is 5.83. The molecule has 6 nitrogen and oxygen atoms in total. The van der Waals surface area contributed by atoms with E-state index >= 15 is 0 Å². The van der Waals surface area contributed by atoms with Gasteiger partial charge in [-0.25, -0.2) is 0 Å². The Morgan fingerprint density at radius 1 is 1.00 bits per heavy atom. The van der Waals surface area contributed by atoms with E-state index in [2.05, 4.69) is 5.32 Å². The van der Waals surface area contributed by atoms with Crippen LogP contribution in [0.15, 0.2) is 48.5 Å². The van der Waals surface area contributed by atoms with Gasteiger partial charge in [0.1, 0.15) is 0 Å². The molecule has 2 rings (SSSR count). The van der Waals surface area contributed by atoms with Crippen LogP contribution >= 0.6 is 0 Å². The van der Waals surface area contributed by atoms with E-state index in [1.165, 1.54) is 0 Å². The monoisotopic (exact) mass is 371 g/mol. The predicted molar refractivity (Wildman–Crippen MR) is 102 cm³/mol. The Hall–Kier alpha value is -3.02. The van der Waals surface area contributed by atoms with E-state index in [4.69, 9.17) is 14.2 Å². The molecule has 0 aliphatic carbocycles. The fourth-order valence-corrected chi connectivity index (χ4v) is 2.80. The highest BCUT2D eigenvalue weighted by Crippen LogP contribution is 2.30. The lowest BCUT2D eigenvalue weighted by molar-refractivity contribution is -0.150. The minimum absolute atomic E-state index is 0.243. The molecule has 1 atom stereocenters. The Kier molecular flexibility index (Phi) is 7.67. The maximum atomic E-state index is 12.3. The van der Waals surface area contributed by atoms with Crippen LogP contribution in [0.1, 0.15) is 30.4 Å². The summed E-state index contributed by atoms with van der Waals surface area (Å²) in [6, 6.07) is 14.8. The van der Waals surface area contributed by atoms with Crippen molar-refractivity contribution in [3.8, 4) is 11.5 Å². The second-order valence-corrected chi connectivity index (χ2v) is 5.91. The van der Waals surface area contributed by atoms with Gasteiger partial charge >= 0.3 is 5.97 Å². The van der Waals surface area contributed by atoms with E-state index in [0.717, 1.165) is 11.1 Å². The number of nitrogens with one attached hydrogen (secondary N) is 1.